The predicted molar refractivity (Wildman–Crippen MR) is 67.2 cm³/mol. The van der Waals surface area contributed by atoms with E-state index in [1.165, 1.54) is 51.6 Å². The number of nitrogens with one attached hydrogen (secondary N) is 1. The smallest absolute Gasteiger partial charge is 0.00696 e. The Labute approximate surface area is 95.4 Å². The third-order valence-electron chi connectivity index (χ3n) is 3.40. The van der Waals surface area contributed by atoms with Gasteiger partial charge in [-0.15, -0.1) is 0 Å². The number of hydrogen-bond acceptors (Lipinski definition) is 2. The van der Waals surface area contributed by atoms with Gasteiger partial charge in [0.1, 0.15) is 0 Å². The Morgan fingerprint density at radius 3 is 2.67 bits per heavy atom. The Kier molecular flexibility index (Phi) is 6.26. The second-order valence-corrected chi connectivity index (χ2v) is 5.43. The fourth-order valence-corrected chi connectivity index (χ4v) is 2.48. The maximum absolute atomic E-state index is 3.71. The Morgan fingerprint density at radius 2 is 2.00 bits per heavy atom. The summed E-state index contributed by atoms with van der Waals surface area (Å²) in [5, 5.41) is 3.71. The first-order valence-electron chi connectivity index (χ1n) is 6.56. The fraction of sp³-hybridized carbons (Fsp3) is 1.00. The molecule has 1 aliphatic rings. The summed E-state index contributed by atoms with van der Waals surface area (Å²) in [5.74, 6) is 0.943. The first-order valence-corrected chi connectivity index (χ1v) is 6.56. The van der Waals surface area contributed by atoms with E-state index in [4.69, 9.17) is 0 Å². The van der Waals surface area contributed by atoms with Crippen molar-refractivity contribution in [3.8, 4) is 0 Å². The highest BCUT2D eigenvalue weighted by Crippen LogP contribution is 2.23. The minimum atomic E-state index is 0.813. The van der Waals surface area contributed by atoms with Gasteiger partial charge in [0, 0.05) is 6.04 Å². The lowest BCUT2D eigenvalue weighted by atomic mass is 9.87. The minimum Gasteiger partial charge on any atom is -0.314 e. The molecule has 0 bridgehead atoms. The van der Waals surface area contributed by atoms with Crippen LogP contribution in [0.1, 0.15) is 45.4 Å². The first kappa shape index (κ1) is 13.0. The summed E-state index contributed by atoms with van der Waals surface area (Å²) in [6.45, 7) is 4.83. The molecule has 2 unspecified atom stereocenters. The predicted octanol–water partition coefficient (Wildman–Crippen LogP) is 2.50. The molecule has 0 heterocycles. The van der Waals surface area contributed by atoms with Crippen LogP contribution in [0.4, 0.5) is 0 Å². The van der Waals surface area contributed by atoms with Crippen molar-refractivity contribution in [2.75, 3.05) is 27.2 Å². The number of hydrogen-bond donors (Lipinski definition) is 1. The van der Waals surface area contributed by atoms with E-state index in [1.807, 2.05) is 0 Å². The zero-order chi connectivity index (χ0) is 11.1. The number of rotatable bonds is 6. The summed E-state index contributed by atoms with van der Waals surface area (Å²) >= 11 is 0. The van der Waals surface area contributed by atoms with E-state index < -0.39 is 0 Å². The van der Waals surface area contributed by atoms with Gasteiger partial charge < -0.3 is 10.2 Å². The average molecular weight is 212 g/mol. The van der Waals surface area contributed by atoms with Crippen molar-refractivity contribution in [2.45, 2.75) is 51.5 Å². The van der Waals surface area contributed by atoms with E-state index in [1.54, 1.807) is 0 Å². The standard InChI is InChI=1S/C13H28N2/c1-12-7-6-8-13(11-12)14-9-4-5-10-15(2)3/h12-14H,4-11H2,1-3H3. The maximum atomic E-state index is 3.71. The fourth-order valence-electron chi connectivity index (χ4n) is 2.48. The van der Waals surface area contributed by atoms with E-state index in [0.717, 1.165) is 12.0 Å². The van der Waals surface area contributed by atoms with Crippen molar-refractivity contribution >= 4 is 0 Å². The first-order chi connectivity index (χ1) is 7.18. The molecule has 15 heavy (non-hydrogen) atoms. The Balaban J connectivity index is 1.95. The van der Waals surface area contributed by atoms with Crippen LogP contribution in [0.2, 0.25) is 0 Å². The van der Waals surface area contributed by atoms with Crippen molar-refractivity contribution < 1.29 is 0 Å². The molecule has 1 aliphatic carbocycles. The van der Waals surface area contributed by atoms with Gasteiger partial charge in [-0.3, -0.25) is 0 Å². The Hall–Kier alpha value is -0.0800. The van der Waals surface area contributed by atoms with E-state index in [-0.39, 0.29) is 0 Å². The van der Waals surface area contributed by atoms with Crippen LogP contribution < -0.4 is 5.32 Å². The van der Waals surface area contributed by atoms with Gasteiger partial charge in [-0.1, -0.05) is 19.8 Å². The molecule has 2 heteroatoms. The van der Waals surface area contributed by atoms with Gasteiger partial charge in [0.15, 0.2) is 0 Å². The van der Waals surface area contributed by atoms with E-state index in [9.17, 15) is 0 Å². The molecule has 2 atom stereocenters. The SMILES string of the molecule is CC1CCCC(NCCCCN(C)C)C1. The van der Waals surface area contributed by atoms with Crippen molar-refractivity contribution in [1.82, 2.24) is 10.2 Å². The second kappa shape index (κ2) is 7.24. The van der Waals surface area contributed by atoms with Crippen LogP contribution in [-0.4, -0.2) is 38.1 Å². The van der Waals surface area contributed by atoms with Gasteiger partial charge in [0.05, 0.1) is 0 Å². The molecule has 1 N–H and O–H groups in total. The Bertz CT molecular complexity index is 157. The molecule has 1 fully saturated rings. The van der Waals surface area contributed by atoms with Gasteiger partial charge in [-0.2, -0.15) is 0 Å². The van der Waals surface area contributed by atoms with E-state index in [0.29, 0.717) is 0 Å². The highest BCUT2D eigenvalue weighted by atomic mass is 15.0. The third-order valence-corrected chi connectivity index (χ3v) is 3.40. The van der Waals surface area contributed by atoms with Crippen molar-refractivity contribution in [3.05, 3.63) is 0 Å². The topological polar surface area (TPSA) is 15.3 Å². The molecule has 0 saturated heterocycles. The summed E-state index contributed by atoms with van der Waals surface area (Å²) in [5.41, 5.74) is 0. The largest absolute Gasteiger partial charge is 0.314 e. The third kappa shape index (κ3) is 6.16. The summed E-state index contributed by atoms with van der Waals surface area (Å²) < 4.78 is 0. The van der Waals surface area contributed by atoms with Gasteiger partial charge in [-0.05, 0) is 58.8 Å². The molecule has 1 saturated carbocycles. The molecule has 0 spiro atoms. The summed E-state index contributed by atoms with van der Waals surface area (Å²) in [6, 6.07) is 0.813. The van der Waals surface area contributed by atoms with Crippen LogP contribution in [0, 0.1) is 5.92 Å². The minimum absolute atomic E-state index is 0.813. The van der Waals surface area contributed by atoms with E-state index >= 15 is 0 Å². The van der Waals surface area contributed by atoms with Gasteiger partial charge in [-0.25, -0.2) is 0 Å². The molecule has 0 aromatic rings. The highest BCUT2D eigenvalue weighted by molar-refractivity contribution is 4.75. The second-order valence-electron chi connectivity index (χ2n) is 5.43. The normalized spacial score (nSPS) is 27.2. The molecular weight excluding hydrogens is 184 g/mol. The molecule has 0 radical (unpaired) electrons. The molecule has 1 rings (SSSR count). The van der Waals surface area contributed by atoms with Gasteiger partial charge in [0.25, 0.3) is 0 Å². The zero-order valence-corrected chi connectivity index (χ0v) is 10.8. The lowest BCUT2D eigenvalue weighted by molar-refractivity contribution is 0.298. The van der Waals surface area contributed by atoms with Crippen molar-refractivity contribution in [2.24, 2.45) is 5.92 Å². The van der Waals surface area contributed by atoms with Crippen LogP contribution in [0.3, 0.4) is 0 Å². The quantitative estimate of drug-likeness (QED) is 0.681. The van der Waals surface area contributed by atoms with Gasteiger partial charge in [0.2, 0.25) is 0 Å². The number of unbranched alkanes of at least 4 members (excludes halogenated alkanes) is 1. The molecule has 0 aromatic heterocycles. The lowest BCUT2D eigenvalue weighted by Gasteiger charge is -2.27. The van der Waals surface area contributed by atoms with E-state index in [2.05, 4.69) is 31.2 Å². The van der Waals surface area contributed by atoms with Crippen LogP contribution in [0.5, 0.6) is 0 Å². The summed E-state index contributed by atoms with van der Waals surface area (Å²) in [4.78, 5) is 2.27. The molecule has 0 aliphatic heterocycles. The summed E-state index contributed by atoms with van der Waals surface area (Å²) in [6.07, 6.45) is 8.31. The lowest BCUT2D eigenvalue weighted by Crippen LogP contribution is -2.34. The monoisotopic (exact) mass is 212 g/mol. The highest BCUT2D eigenvalue weighted by Gasteiger charge is 2.17. The number of nitrogens with zero attached hydrogens (tertiary/aromatic N) is 1. The Morgan fingerprint density at radius 1 is 1.20 bits per heavy atom. The van der Waals surface area contributed by atoms with Crippen LogP contribution in [0.15, 0.2) is 0 Å². The maximum Gasteiger partial charge on any atom is 0.00696 e. The zero-order valence-electron chi connectivity index (χ0n) is 10.8. The van der Waals surface area contributed by atoms with Gasteiger partial charge >= 0.3 is 0 Å². The van der Waals surface area contributed by atoms with Crippen molar-refractivity contribution in [3.63, 3.8) is 0 Å². The molecule has 2 nitrogen and oxygen atoms in total. The van der Waals surface area contributed by atoms with Crippen molar-refractivity contribution in [1.29, 1.82) is 0 Å². The van der Waals surface area contributed by atoms with Crippen LogP contribution >= 0.6 is 0 Å². The molecule has 0 aromatic carbocycles. The van der Waals surface area contributed by atoms with Crippen LogP contribution in [-0.2, 0) is 0 Å². The average Bonchev–Trinajstić information content (AvgIpc) is 2.17. The van der Waals surface area contributed by atoms with Crippen LogP contribution in [0.25, 0.3) is 0 Å². The summed E-state index contributed by atoms with van der Waals surface area (Å²) in [7, 11) is 4.30. The molecule has 90 valence electrons. The molecule has 0 amide bonds. The molecular formula is C13H28N2.